The molecule has 0 saturated heterocycles. The summed E-state index contributed by atoms with van der Waals surface area (Å²) in [7, 11) is -0.0172. The van der Waals surface area contributed by atoms with Crippen molar-refractivity contribution in [3.63, 3.8) is 0 Å². The summed E-state index contributed by atoms with van der Waals surface area (Å²) in [6.07, 6.45) is -10.3. The number of halogens is 7. The third-order valence-corrected chi connectivity index (χ3v) is 3.56. The van der Waals surface area contributed by atoms with Crippen LogP contribution in [0.2, 0.25) is 0 Å². The maximum atomic E-state index is 12.6. The highest BCUT2D eigenvalue weighted by Crippen LogP contribution is 2.41. The molecule has 0 aliphatic heterocycles. The van der Waals surface area contributed by atoms with Crippen molar-refractivity contribution in [1.29, 1.82) is 0 Å². The van der Waals surface area contributed by atoms with E-state index in [1.54, 1.807) is 0 Å². The third kappa shape index (κ3) is 3.53. The SMILES string of the molecule is Cc1cc(S(=O)(=O)Cl)c(C(F)(F)F)cc1C(F)(F)F. The number of hydrogen-bond donors (Lipinski definition) is 0. The molecule has 0 amide bonds. The van der Waals surface area contributed by atoms with Crippen LogP contribution in [-0.4, -0.2) is 8.42 Å². The Morgan fingerprint density at radius 1 is 0.947 bits per heavy atom. The molecule has 0 bridgehead atoms. The highest BCUT2D eigenvalue weighted by Gasteiger charge is 2.41. The fourth-order valence-corrected chi connectivity index (χ4v) is 2.55. The van der Waals surface area contributed by atoms with Crippen molar-refractivity contribution >= 4 is 19.7 Å². The van der Waals surface area contributed by atoms with Crippen molar-refractivity contribution in [2.75, 3.05) is 0 Å². The van der Waals surface area contributed by atoms with Gasteiger partial charge in [-0.1, -0.05) is 0 Å². The number of hydrogen-bond acceptors (Lipinski definition) is 2. The molecule has 10 heteroatoms. The van der Waals surface area contributed by atoms with E-state index in [0.29, 0.717) is 0 Å². The second-order valence-corrected chi connectivity index (χ2v) is 6.13. The number of alkyl halides is 6. The summed E-state index contributed by atoms with van der Waals surface area (Å²) in [5.74, 6) is 0. The van der Waals surface area contributed by atoms with Gasteiger partial charge in [0.25, 0.3) is 9.05 Å². The van der Waals surface area contributed by atoms with Crippen LogP contribution in [0.4, 0.5) is 26.3 Å². The Labute approximate surface area is 108 Å². The lowest BCUT2D eigenvalue weighted by Gasteiger charge is -2.16. The monoisotopic (exact) mass is 326 g/mol. The standard InChI is InChI=1S/C9H5ClF6O2S/c1-4-2-7(19(10,17)18)6(9(14,15)16)3-5(4)8(11,12)13/h2-3H,1H3. The maximum absolute atomic E-state index is 12.6. The van der Waals surface area contributed by atoms with E-state index in [-0.39, 0.29) is 12.1 Å². The number of rotatable bonds is 1. The van der Waals surface area contributed by atoms with Crippen LogP contribution < -0.4 is 0 Å². The molecule has 0 spiro atoms. The summed E-state index contributed by atoms with van der Waals surface area (Å²) in [6, 6.07) is -0.00141. The zero-order valence-electron chi connectivity index (χ0n) is 9.03. The van der Waals surface area contributed by atoms with Gasteiger partial charge in [-0.15, -0.1) is 0 Å². The minimum atomic E-state index is -5.27. The molecule has 2 nitrogen and oxygen atoms in total. The van der Waals surface area contributed by atoms with Crippen LogP contribution in [0.1, 0.15) is 16.7 Å². The molecule has 0 unspecified atom stereocenters. The van der Waals surface area contributed by atoms with E-state index in [0.717, 1.165) is 6.92 Å². The van der Waals surface area contributed by atoms with Crippen molar-refractivity contribution in [2.45, 2.75) is 24.2 Å². The molecule has 0 atom stereocenters. The van der Waals surface area contributed by atoms with Gasteiger partial charge in [-0.2, -0.15) is 26.3 Å². The van der Waals surface area contributed by atoms with Crippen molar-refractivity contribution in [3.05, 3.63) is 28.8 Å². The smallest absolute Gasteiger partial charge is 0.207 e. The third-order valence-electron chi connectivity index (χ3n) is 2.20. The first-order valence-electron chi connectivity index (χ1n) is 4.48. The second-order valence-electron chi connectivity index (χ2n) is 3.60. The zero-order valence-corrected chi connectivity index (χ0v) is 10.6. The average Bonchev–Trinajstić information content (AvgIpc) is 2.11. The lowest BCUT2D eigenvalue weighted by molar-refractivity contribution is -0.144. The Morgan fingerprint density at radius 2 is 1.37 bits per heavy atom. The van der Waals surface area contributed by atoms with Crippen molar-refractivity contribution in [1.82, 2.24) is 0 Å². The van der Waals surface area contributed by atoms with Crippen LogP contribution in [0.3, 0.4) is 0 Å². The molecule has 1 aromatic rings. The molecule has 0 saturated carbocycles. The molecular formula is C9H5ClF6O2S. The Hall–Kier alpha value is -0.960. The minimum absolute atomic E-state index is 0.258. The Kier molecular flexibility index (Phi) is 3.85. The van der Waals surface area contributed by atoms with Gasteiger partial charge in [0.05, 0.1) is 16.0 Å². The molecular weight excluding hydrogens is 322 g/mol. The lowest BCUT2D eigenvalue weighted by Crippen LogP contribution is -2.16. The highest BCUT2D eigenvalue weighted by atomic mass is 35.7. The summed E-state index contributed by atoms with van der Waals surface area (Å²) in [5.41, 5.74) is -4.18. The number of benzene rings is 1. The van der Waals surface area contributed by atoms with Crippen LogP contribution in [0.25, 0.3) is 0 Å². The first-order chi connectivity index (χ1) is 8.24. The Balaban J connectivity index is 3.76. The summed E-state index contributed by atoms with van der Waals surface area (Å²) in [6.45, 7) is 0.842. The van der Waals surface area contributed by atoms with E-state index in [9.17, 15) is 34.8 Å². The Morgan fingerprint density at radius 3 is 1.68 bits per heavy atom. The van der Waals surface area contributed by atoms with Gasteiger partial charge in [0.2, 0.25) is 0 Å². The molecule has 108 valence electrons. The topological polar surface area (TPSA) is 34.1 Å². The molecule has 0 aliphatic rings. The molecule has 1 rings (SSSR count). The van der Waals surface area contributed by atoms with Gasteiger partial charge in [0, 0.05) is 10.7 Å². The van der Waals surface area contributed by atoms with Gasteiger partial charge >= 0.3 is 12.4 Å². The van der Waals surface area contributed by atoms with Crippen molar-refractivity contribution < 1.29 is 34.8 Å². The molecule has 0 aliphatic carbocycles. The fraction of sp³-hybridized carbons (Fsp3) is 0.333. The molecule has 0 heterocycles. The molecule has 0 N–H and O–H groups in total. The van der Waals surface area contributed by atoms with Crippen molar-refractivity contribution in [2.24, 2.45) is 0 Å². The summed E-state index contributed by atoms with van der Waals surface area (Å²) in [4.78, 5) is -1.40. The lowest BCUT2D eigenvalue weighted by atomic mass is 10.0. The van der Waals surface area contributed by atoms with Gasteiger partial charge in [-0.3, -0.25) is 0 Å². The van der Waals surface area contributed by atoms with E-state index in [1.165, 1.54) is 0 Å². The first kappa shape index (κ1) is 16.1. The van der Waals surface area contributed by atoms with Gasteiger partial charge in [0.1, 0.15) is 0 Å². The summed E-state index contributed by atoms with van der Waals surface area (Å²) >= 11 is 0. The van der Waals surface area contributed by atoms with Crippen molar-refractivity contribution in [3.8, 4) is 0 Å². The van der Waals surface area contributed by atoms with E-state index < -0.39 is 43.0 Å². The molecule has 0 radical (unpaired) electrons. The van der Waals surface area contributed by atoms with Gasteiger partial charge in [-0.05, 0) is 24.6 Å². The van der Waals surface area contributed by atoms with E-state index >= 15 is 0 Å². The summed E-state index contributed by atoms with van der Waals surface area (Å²) in [5, 5.41) is 0. The average molecular weight is 327 g/mol. The van der Waals surface area contributed by atoms with E-state index in [4.69, 9.17) is 10.7 Å². The molecule has 19 heavy (non-hydrogen) atoms. The van der Waals surface area contributed by atoms with E-state index in [1.807, 2.05) is 0 Å². The van der Waals surface area contributed by atoms with E-state index in [2.05, 4.69) is 0 Å². The normalized spacial score (nSPS) is 13.7. The van der Waals surface area contributed by atoms with Crippen LogP contribution >= 0.6 is 10.7 Å². The maximum Gasteiger partial charge on any atom is 0.417 e. The molecule has 1 aromatic carbocycles. The largest absolute Gasteiger partial charge is 0.417 e. The number of aryl methyl sites for hydroxylation is 1. The fourth-order valence-electron chi connectivity index (χ4n) is 1.41. The zero-order chi connectivity index (χ0) is 15.2. The van der Waals surface area contributed by atoms with Gasteiger partial charge < -0.3 is 0 Å². The predicted molar refractivity (Wildman–Crippen MR) is 54.2 cm³/mol. The Bertz CT molecular complexity index is 602. The molecule has 0 fully saturated rings. The minimum Gasteiger partial charge on any atom is -0.207 e. The van der Waals surface area contributed by atoms with Crippen LogP contribution in [0.5, 0.6) is 0 Å². The van der Waals surface area contributed by atoms with Gasteiger partial charge in [-0.25, -0.2) is 8.42 Å². The quantitative estimate of drug-likeness (QED) is 0.578. The van der Waals surface area contributed by atoms with Gasteiger partial charge in [0.15, 0.2) is 0 Å². The first-order valence-corrected chi connectivity index (χ1v) is 6.79. The van der Waals surface area contributed by atoms with Crippen LogP contribution in [0.15, 0.2) is 17.0 Å². The van der Waals surface area contributed by atoms with Crippen LogP contribution in [0, 0.1) is 6.92 Å². The molecule has 0 aromatic heterocycles. The summed E-state index contributed by atoms with van der Waals surface area (Å²) < 4.78 is 97.2. The van der Waals surface area contributed by atoms with Crippen LogP contribution in [-0.2, 0) is 21.4 Å². The predicted octanol–water partition coefficient (Wildman–Crippen LogP) is 3.96. The second kappa shape index (κ2) is 4.55. The highest BCUT2D eigenvalue weighted by molar-refractivity contribution is 8.13.